The van der Waals surface area contributed by atoms with Gasteiger partial charge in [-0.05, 0) is 41.1 Å². The summed E-state index contributed by atoms with van der Waals surface area (Å²) in [5.74, 6) is 1.09. The van der Waals surface area contributed by atoms with Crippen molar-refractivity contribution >= 4 is 28.5 Å². The Morgan fingerprint density at radius 2 is 2.05 bits per heavy atom. The van der Waals surface area contributed by atoms with Crippen LogP contribution in [0.15, 0.2) is 28.8 Å². The maximum Gasteiger partial charge on any atom is 0.227 e. The van der Waals surface area contributed by atoms with Gasteiger partial charge >= 0.3 is 0 Å². The van der Waals surface area contributed by atoms with Crippen LogP contribution in [0.3, 0.4) is 0 Å². The van der Waals surface area contributed by atoms with Crippen LogP contribution >= 0.6 is 22.6 Å². The minimum absolute atomic E-state index is 0.0325. The number of benzene rings is 1. The van der Waals surface area contributed by atoms with E-state index in [1.165, 1.54) is 0 Å². The van der Waals surface area contributed by atoms with Crippen LogP contribution in [0.5, 0.6) is 0 Å². The first-order chi connectivity index (χ1) is 10.7. The normalized spacial score (nSPS) is 10.6. The molecule has 0 spiro atoms. The summed E-state index contributed by atoms with van der Waals surface area (Å²) in [6.07, 6.45) is 4.17. The van der Waals surface area contributed by atoms with Crippen LogP contribution in [0.1, 0.15) is 38.5 Å². The molecule has 6 heteroatoms. The molecule has 0 atom stereocenters. The van der Waals surface area contributed by atoms with Crippen molar-refractivity contribution in [3.8, 4) is 11.4 Å². The fraction of sp³-hybridized carbons (Fsp3) is 0.438. The number of aryl methyl sites for hydroxylation is 1. The van der Waals surface area contributed by atoms with E-state index in [1.807, 2.05) is 24.3 Å². The van der Waals surface area contributed by atoms with Crippen molar-refractivity contribution in [1.82, 2.24) is 15.5 Å². The number of nitrogens with zero attached hydrogens (tertiary/aromatic N) is 2. The summed E-state index contributed by atoms with van der Waals surface area (Å²) in [6.45, 7) is 2.88. The highest BCUT2D eigenvalue weighted by atomic mass is 127. The molecule has 0 aliphatic heterocycles. The molecule has 5 nitrogen and oxygen atoms in total. The lowest BCUT2D eigenvalue weighted by atomic mass is 10.2. The van der Waals surface area contributed by atoms with Crippen molar-refractivity contribution in [2.24, 2.45) is 0 Å². The number of unbranched alkanes of at least 4 members (excludes halogenated alkanes) is 2. The fourth-order valence-electron chi connectivity index (χ4n) is 1.98. The number of aromatic nitrogens is 2. The van der Waals surface area contributed by atoms with Crippen molar-refractivity contribution in [3.63, 3.8) is 0 Å². The van der Waals surface area contributed by atoms with Gasteiger partial charge in [0.05, 0.1) is 0 Å². The van der Waals surface area contributed by atoms with E-state index in [-0.39, 0.29) is 5.91 Å². The first-order valence-corrected chi connectivity index (χ1v) is 8.62. The van der Waals surface area contributed by atoms with Crippen molar-refractivity contribution in [2.45, 2.75) is 39.0 Å². The van der Waals surface area contributed by atoms with Crippen LogP contribution in [0.25, 0.3) is 11.4 Å². The van der Waals surface area contributed by atoms with E-state index in [4.69, 9.17) is 4.52 Å². The lowest BCUT2D eigenvalue weighted by molar-refractivity contribution is -0.121. The van der Waals surface area contributed by atoms with Crippen LogP contribution < -0.4 is 5.32 Å². The smallest absolute Gasteiger partial charge is 0.227 e. The zero-order valence-corrected chi connectivity index (χ0v) is 14.8. The maximum absolute atomic E-state index is 11.7. The molecule has 0 bridgehead atoms. The first-order valence-electron chi connectivity index (χ1n) is 7.54. The maximum atomic E-state index is 11.7. The van der Waals surface area contributed by atoms with Crippen LogP contribution in [0.4, 0.5) is 0 Å². The number of hydrogen-bond acceptors (Lipinski definition) is 4. The lowest BCUT2D eigenvalue weighted by Crippen LogP contribution is -2.24. The SMILES string of the molecule is CCCCCNC(=O)CCc1nc(-c2ccc(I)cc2)no1. The summed E-state index contributed by atoms with van der Waals surface area (Å²) in [4.78, 5) is 16.0. The number of rotatable bonds is 8. The van der Waals surface area contributed by atoms with Gasteiger partial charge in [-0.3, -0.25) is 4.79 Å². The zero-order valence-electron chi connectivity index (χ0n) is 12.6. The molecular weight excluding hydrogens is 393 g/mol. The molecule has 0 unspecified atom stereocenters. The Hall–Kier alpha value is -1.44. The average molecular weight is 413 g/mol. The summed E-state index contributed by atoms with van der Waals surface area (Å²) < 4.78 is 6.36. The van der Waals surface area contributed by atoms with E-state index in [1.54, 1.807) is 0 Å². The van der Waals surface area contributed by atoms with Crippen molar-refractivity contribution in [1.29, 1.82) is 0 Å². The summed E-state index contributed by atoms with van der Waals surface area (Å²) in [7, 11) is 0. The highest BCUT2D eigenvalue weighted by Gasteiger charge is 2.10. The molecule has 0 radical (unpaired) electrons. The van der Waals surface area contributed by atoms with Crippen LogP contribution in [0, 0.1) is 3.57 Å². The number of carbonyl (C=O) groups is 1. The van der Waals surface area contributed by atoms with Crippen molar-refractivity contribution in [3.05, 3.63) is 33.7 Å². The Labute approximate surface area is 144 Å². The minimum atomic E-state index is 0.0325. The Morgan fingerprint density at radius 3 is 2.77 bits per heavy atom. The monoisotopic (exact) mass is 413 g/mol. The molecule has 2 rings (SSSR count). The number of nitrogens with one attached hydrogen (secondary N) is 1. The third kappa shape index (κ3) is 5.40. The largest absolute Gasteiger partial charge is 0.356 e. The lowest BCUT2D eigenvalue weighted by Gasteiger charge is -2.02. The molecule has 1 aromatic heterocycles. The molecule has 1 heterocycles. The first kappa shape index (κ1) is 16.9. The van der Waals surface area contributed by atoms with Crippen LogP contribution in [0.2, 0.25) is 0 Å². The molecule has 22 heavy (non-hydrogen) atoms. The summed E-state index contributed by atoms with van der Waals surface area (Å²) in [5.41, 5.74) is 0.916. The molecule has 1 N–H and O–H groups in total. The molecule has 0 aliphatic carbocycles. The Bertz CT molecular complexity index is 596. The van der Waals surface area contributed by atoms with E-state index in [0.717, 1.165) is 34.9 Å². The minimum Gasteiger partial charge on any atom is -0.356 e. The molecule has 1 amide bonds. The third-order valence-corrected chi connectivity index (χ3v) is 3.96. The second-order valence-corrected chi connectivity index (χ2v) is 6.32. The van der Waals surface area contributed by atoms with E-state index in [9.17, 15) is 4.79 Å². The van der Waals surface area contributed by atoms with Crippen molar-refractivity contribution in [2.75, 3.05) is 6.54 Å². The average Bonchev–Trinajstić information content (AvgIpc) is 2.99. The second kappa shape index (κ2) is 8.87. The summed E-state index contributed by atoms with van der Waals surface area (Å²) in [6, 6.07) is 7.90. The third-order valence-electron chi connectivity index (χ3n) is 3.24. The quantitative estimate of drug-likeness (QED) is 0.531. The molecule has 0 fully saturated rings. The Morgan fingerprint density at radius 1 is 1.27 bits per heavy atom. The standard InChI is InChI=1S/C16H20IN3O2/c1-2-3-4-11-18-14(21)9-10-15-19-16(20-22-15)12-5-7-13(17)8-6-12/h5-8H,2-4,9-11H2,1H3,(H,18,21). The molecular formula is C16H20IN3O2. The van der Waals surface area contributed by atoms with E-state index >= 15 is 0 Å². The predicted molar refractivity (Wildman–Crippen MR) is 93.3 cm³/mol. The molecule has 1 aromatic carbocycles. The van der Waals surface area contributed by atoms with Gasteiger partial charge in [-0.2, -0.15) is 4.98 Å². The van der Waals surface area contributed by atoms with Crippen LogP contribution in [-0.4, -0.2) is 22.6 Å². The van der Waals surface area contributed by atoms with Gasteiger partial charge in [0.25, 0.3) is 0 Å². The molecule has 2 aromatic rings. The molecule has 0 aliphatic rings. The fourth-order valence-corrected chi connectivity index (χ4v) is 2.34. The van der Waals surface area contributed by atoms with Gasteiger partial charge in [0, 0.05) is 28.5 Å². The summed E-state index contributed by atoms with van der Waals surface area (Å²) >= 11 is 2.25. The number of hydrogen-bond donors (Lipinski definition) is 1. The Kier molecular flexibility index (Phi) is 6.82. The predicted octanol–water partition coefficient (Wildman–Crippen LogP) is 3.58. The number of amides is 1. The van der Waals surface area contributed by atoms with Crippen molar-refractivity contribution < 1.29 is 9.32 Å². The van der Waals surface area contributed by atoms with Gasteiger partial charge in [0.1, 0.15) is 0 Å². The highest BCUT2D eigenvalue weighted by molar-refractivity contribution is 14.1. The second-order valence-electron chi connectivity index (χ2n) is 5.08. The zero-order chi connectivity index (χ0) is 15.8. The van der Waals surface area contributed by atoms with Gasteiger partial charge < -0.3 is 9.84 Å². The van der Waals surface area contributed by atoms with Gasteiger partial charge in [-0.1, -0.05) is 37.1 Å². The molecule has 0 saturated carbocycles. The molecule has 118 valence electrons. The Balaban J connectivity index is 1.79. The molecule has 0 saturated heterocycles. The number of carbonyl (C=O) groups excluding carboxylic acids is 1. The van der Waals surface area contributed by atoms with Gasteiger partial charge in [-0.25, -0.2) is 0 Å². The van der Waals surface area contributed by atoms with E-state index in [2.05, 4.69) is 45.0 Å². The highest BCUT2D eigenvalue weighted by Crippen LogP contribution is 2.17. The van der Waals surface area contributed by atoms with E-state index in [0.29, 0.717) is 24.6 Å². The topological polar surface area (TPSA) is 68.0 Å². The van der Waals surface area contributed by atoms with Crippen LogP contribution in [-0.2, 0) is 11.2 Å². The van der Waals surface area contributed by atoms with Gasteiger partial charge in [0.15, 0.2) is 0 Å². The summed E-state index contributed by atoms with van der Waals surface area (Å²) in [5, 5.41) is 6.86. The number of halogens is 1. The van der Waals surface area contributed by atoms with Gasteiger partial charge in [0.2, 0.25) is 17.6 Å². The van der Waals surface area contributed by atoms with Gasteiger partial charge in [-0.15, -0.1) is 0 Å². The van der Waals surface area contributed by atoms with E-state index < -0.39 is 0 Å².